The molecule has 72 valence electrons. The molecule has 1 unspecified atom stereocenters. The van der Waals surface area contributed by atoms with Gasteiger partial charge in [0, 0.05) is 4.50 Å². The Labute approximate surface area is 84.9 Å². The first-order chi connectivity index (χ1) is 6.23. The highest BCUT2D eigenvalue weighted by molar-refractivity contribution is 7.25. The third-order valence-corrected chi connectivity index (χ3v) is 9.51. The summed E-state index contributed by atoms with van der Waals surface area (Å²) in [4.78, 5) is 0. The zero-order valence-corrected chi connectivity index (χ0v) is 10.3. The van der Waals surface area contributed by atoms with Gasteiger partial charge >= 0.3 is 0 Å². The molecule has 3 heteroatoms. The first-order valence-electron chi connectivity index (χ1n) is 4.99. The first kappa shape index (κ1) is 9.43. The molecule has 2 rings (SSSR count). The Bertz CT molecular complexity index is 304. The summed E-state index contributed by atoms with van der Waals surface area (Å²) >= 11 is 1.91. The largest absolute Gasteiger partial charge is 0.405 e. The van der Waals surface area contributed by atoms with Crippen LogP contribution in [0.1, 0.15) is 32.4 Å². The summed E-state index contributed by atoms with van der Waals surface area (Å²) in [7, 11) is -1.49. The van der Waals surface area contributed by atoms with E-state index in [1.165, 1.54) is 17.7 Å². The van der Waals surface area contributed by atoms with Gasteiger partial charge in [-0.15, -0.1) is 0 Å². The Morgan fingerprint density at radius 2 is 2.15 bits per heavy atom. The average molecular weight is 212 g/mol. The van der Waals surface area contributed by atoms with Gasteiger partial charge in [-0.1, -0.05) is 13.8 Å². The molecular weight excluding hydrogens is 196 g/mol. The Balaban J connectivity index is 2.47. The molecule has 0 amide bonds. The molecule has 1 aliphatic heterocycles. The highest BCUT2D eigenvalue weighted by Crippen LogP contribution is 2.36. The molecule has 0 saturated heterocycles. The SMILES string of the molecule is CC[Si]1(CC)OC(C)c2ccsc21. The second kappa shape index (κ2) is 3.22. The predicted octanol–water partition coefficient (Wildman–Crippen LogP) is 3.03. The maximum Gasteiger partial charge on any atom is 0.234 e. The topological polar surface area (TPSA) is 9.23 Å². The van der Waals surface area contributed by atoms with Crippen molar-refractivity contribution in [3.05, 3.63) is 17.0 Å². The van der Waals surface area contributed by atoms with Crippen LogP contribution in [0.3, 0.4) is 0 Å². The Morgan fingerprint density at radius 1 is 1.46 bits per heavy atom. The number of fused-ring (bicyclic) bond motifs is 1. The van der Waals surface area contributed by atoms with Gasteiger partial charge in [0.2, 0.25) is 8.32 Å². The van der Waals surface area contributed by atoms with Crippen LogP contribution in [0.4, 0.5) is 0 Å². The van der Waals surface area contributed by atoms with Crippen molar-refractivity contribution in [1.29, 1.82) is 0 Å². The standard InChI is InChI=1S/C10H16OSSi/c1-4-13(5-2)10-9(6-7-12-10)8(3)11-13/h6-8H,4-5H2,1-3H3. The smallest absolute Gasteiger partial charge is 0.234 e. The van der Waals surface area contributed by atoms with Gasteiger partial charge < -0.3 is 4.43 Å². The van der Waals surface area contributed by atoms with Crippen LogP contribution in [-0.2, 0) is 4.43 Å². The average Bonchev–Trinajstić information content (AvgIpc) is 2.69. The van der Waals surface area contributed by atoms with E-state index >= 15 is 0 Å². The minimum atomic E-state index is -1.49. The molecule has 0 saturated carbocycles. The molecular formula is C10H16OSSi. The van der Waals surface area contributed by atoms with Crippen molar-refractivity contribution < 1.29 is 4.43 Å². The minimum absolute atomic E-state index is 0.354. The van der Waals surface area contributed by atoms with E-state index in [-0.39, 0.29) is 0 Å². The van der Waals surface area contributed by atoms with Gasteiger partial charge in [0.25, 0.3) is 0 Å². The lowest BCUT2D eigenvalue weighted by molar-refractivity contribution is 0.232. The van der Waals surface area contributed by atoms with Gasteiger partial charge in [0.15, 0.2) is 0 Å². The first-order valence-corrected chi connectivity index (χ1v) is 8.19. The maximum absolute atomic E-state index is 6.21. The van der Waals surface area contributed by atoms with Gasteiger partial charge in [-0.2, -0.15) is 11.3 Å². The van der Waals surface area contributed by atoms with E-state index in [1.807, 2.05) is 11.3 Å². The van der Waals surface area contributed by atoms with E-state index in [2.05, 4.69) is 32.2 Å². The summed E-state index contributed by atoms with van der Waals surface area (Å²) in [6, 6.07) is 4.69. The van der Waals surface area contributed by atoms with E-state index in [0.29, 0.717) is 6.10 Å². The zero-order chi connectivity index (χ0) is 9.47. The quantitative estimate of drug-likeness (QED) is 0.685. The maximum atomic E-state index is 6.21. The lowest BCUT2D eigenvalue weighted by Crippen LogP contribution is -2.43. The van der Waals surface area contributed by atoms with Crippen LogP contribution in [0.2, 0.25) is 12.1 Å². The summed E-state index contributed by atoms with van der Waals surface area (Å²) in [5.41, 5.74) is 1.47. The highest BCUT2D eigenvalue weighted by atomic mass is 32.1. The summed E-state index contributed by atoms with van der Waals surface area (Å²) in [5.74, 6) is 0. The lowest BCUT2D eigenvalue weighted by atomic mass is 10.2. The molecule has 13 heavy (non-hydrogen) atoms. The molecule has 0 fully saturated rings. The minimum Gasteiger partial charge on any atom is -0.405 e. The molecule has 0 radical (unpaired) electrons. The second-order valence-electron chi connectivity index (χ2n) is 3.67. The lowest BCUT2D eigenvalue weighted by Gasteiger charge is -2.23. The normalized spacial score (nSPS) is 24.7. The van der Waals surface area contributed by atoms with Crippen LogP contribution < -0.4 is 4.50 Å². The van der Waals surface area contributed by atoms with Crippen LogP contribution in [0, 0.1) is 0 Å². The van der Waals surface area contributed by atoms with E-state index in [1.54, 1.807) is 4.50 Å². The van der Waals surface area contributed by atoms with Crippen LogP contribution in [0.5, 0.6) is 0 Å². The van der Waals surface area contributed by atoms with Crippen molar-refractivity contribution in [3.63, 3.8) is 0 Å². The summed E-state index contributed by atoms with van der Waals surface area (Å²) in [6.07, 6.45) is 0.354. The molecule has 1 atom stereocenters. The third-order valence-electron chi connectivity index (χ3n) is 3.09. The Kier molecular flexibility index (Phi) is 2.34. The molecule has 2 heterocycles. The molecule has 0 aromatic carbocycles. The molecule has 0 aliphatic carbocycles. The second-order valence-corrected chi connectivity index (χ2v) is 9.08. The van der Waals surface area contributed by atoms with Gasteiger partial charge in [-0.25, -0.2) is 0 Å². The van der Waals surface area contributed by atoms with Crippen molar-refractivity contribution in [2.24, 2.45) is 0 Å². The molecule has 1 nitrogen and oxygen atoms in total. The van der Waals surface area contributed by atoms with Crippen LogP contribution in [-0.4, -0.2) is 8.32 Å². The fraction of sp³-hybridized carbons (Fsp3) is 0.600. The molecule has 1 aliphatic rings. The summed E-state index contributed by atoms with van der Waals surface area (Å²) in [5, 5.41) is 2.22. The predicted molar refractivity (Wildman–Crippen MR) is 60.2 cm³/mol. The molecule has 1 aromatic heterocycles. The Hall–Kier alpha value is -0.123. The molecule has 1 aromatic rings. The van der Waals surface area contributed by atoms with Crippen molar-refractivity contribution in [2.75, 3.05) is 0 Å². The number of rotatable bonds is 2. The van der Waals surface area contributed by atoms with E-state index < -0.39 is 8.32 Å². The van der Waals surface area contributed by atoms with Crippen LogP contribution in [0.25, 0.3) is 0 Å². The van der Waals surface area contributed by atoms with Crippen LogP contribution in [0.15, 0.2) is 11.4 Å². The number of hydrogen-bond donors (Lipinski definition) is 0. The fourth-order valence-electron chi connectivity index (χ4n) is 2.20. The fourth-order valence-corrected chi connectivity index (χ4v) is 8.20. The highest BCUT2D eigenvalue weighted by Gasteiger charge is 2.44. The van der Waals surface area contributed by atoms with Gasteiger partial charge in [-0.05, 0) is 36.0 Å². The number of thiophene rings is 1. The molecule has 0 bridgehead atoms. The monoisotopic (exact) mass is 212 g/mol. The van der Waals surface area contributed by atoms with Crippen molar-refractivity contribution in [3.8, 4) is 0 Å². The van der Waals surface area contributed by atoms with Crippen molar-refractivity contribution >= 4 is 24.2 Å². The zero-order valence-electron chi connectivity index (χ0n) is 8.46. The van der Waals surface area contributed by atoms with Crippen molar-refractivity contribution in [2.45, 2.75) is 39.0 Å². The van der Waals surface area contributed by atoms with Gasteiger partial charge in [-0.3, -0.25) is 0 Å². The molecule has 0 N–H and O–H groups in total. The third kappa shape index (κ3) is 1.22. The van der Waals surface area contributed by atoms with E-state index in [4.69, 9.17) is 4.43 Å². The van der Waals surface area contributed by atoms with Crippen LogP contribution >= 0.6 is 11.3 Å². The van der Waals surface area contributed by atoms with Gasteiger partial charge in [0.1, 0.15) is 0 Å². The molecule has 0 spiro atoms. The van der Waals surface area contributed by atoms with Crippen molar-refractivity contribution in [1.82, 2.24) is 0 Å². The van der Waals surface area contributed by atoms with Gasteiger partial charge in [0.05, 0.1) is 6.10 Å². The van der Waals surface area contributed by atoms with E-state index in [9.17, 15) is 0 Å². The summed E-state index contributed by atoms with van der Waals surface area (Å²) in [6.45, 7) is 6.74. The Morgan fingerprint density at radius 3 is 2.77 bits per heavy atom. The van der Waals surface area contributed by atoms with E-state index in [0.717, 1.165) is 0 Å². The summed E-state index contributed by atoms with van der Waals surface area (Å²) < 4.78 is 7.81. The number of hydrogen-bond acceptors (Lipinski definition) is 2.